The molecule has 33 nitrogen and oxygen atoms in total. The van der Waals surface area contributed by atoms with Crippen LogP contribution in [-0.4, -0.2) is 218 Å². The number of primary amides is 3. The van der Waals surface area contributed by atoms with Gasteiger partial charge in [-0.1, -0.05) is 46.2 Å². The molecule has 1 saturated heterocycles. The summed E-state index contributed by atoms with van der Waals surface area (Å²) in [5.41, 5.74) is 28.1. The van der Waals surface area contributed by atoms with Gasteiger partial charge in [0.25, 0.3) is 0 Å². The molecule has 22 N–H and O–H groups in total. The fourth-order valence-corrected chi connectivity index (χ4v) is 11.2. The van der Waals surface area contributed by atoms with Crippen LogP contribution < -0.4 is 76.5 Å². The minimum atomic E-state index is -1.90. The minimum absolute atomic E-state index is 0.0372. The molecular formula is C55H87N15O18S3. The van der Waals surface area contributed by atoms with E-state index in [0.717, 1.165) is 23.5 Å². The number of rotatable bonds is 43. The summed E-state index contributed by atoms with van der Waals surface area (Å²) < 4.78 is 0. The Morgan fingerprint density at radius 1 is 0.615 bits per heavy atom. The number of aromatic hydroxyl groups is 1. The summed E-state index contributed by atoms with van der Waals surface area (Å²) in [7, 11) is 0. The van der Waals surface area contributed by atoms with E-state index in [1.54, 1.807) is 27.7 Å². The van der Waals surface area contributed by atoms with Crippen molar-refractivity contribution in [3.63, 3.8) is 0 Å². The number of amides is 13. The molecule has 0 radical (unpaired) electrons. The lowest BCUT2D eigenvalue weighted by atomic mass is 9.96. The van der Waals surface area contributed by atoms with E-state index < -0.39 is 187 Å². The normalized spacial score (nSPS) is 16.0. The van der Waals surface area contributed by atoms with E-state index in [1.165, 1.54) is 29.2 Å². The average molecular weight is 1340 g/mol. The Balaban J connectivity index is 2.55. The number of carbonyl (C=O) groups is 15. The summed E-state index contributed by atoms with van der Waals surface area (Å²) in [5.74, 6) is -15.6. The Morgan fingerprint density at radius 2 is 1.18 bits per heavy atom. The van der Waals surface area contributed by atoms with Crippen LogP contribution >= 0.6 is 36.2 Å². The van der Waals surface area contributed by atoms with Gasteiger partial charge in [0, 0.05) is 54.6 Å². The van der Waals surface area contributed by atoms with Gasteiger partial charge < -0.3 is 96.7 Å². The molecule has 91 heavy (non-hydrogen) atoms. The molecule has 11 atom stereocenters. The molecule has 1 heterocycles. The third-order valence-electron chi connectivity index (χ3n) is 13.9. The van der Waals surface area contributed by atoms with Crippen molar-refractivity contribution >= 4 is 125 Å². The number of phenols is 1. The van der Waals surface area contributed by atoms with Gasteiger partial charge in [-0.05, 0) is 61.6 Å². The number of likely N-dealkylation sites (tertiary alicyclic amines) is 1. The van der Waals surface area contributed by atoms with E-state index in [9.17, 15) is 77.0 Å². The van der Waals surface area contributed by atoms with Gasteiger partial charge in [0.2, 0.25) is 76.8 Å². The van der Waals surface area contributed by atoms with Gasteiger partial charge >= 0.3 is 11.9 Å². The van der Waals surface area contributed by atoms with E-state index in [0.29, 0.717) is 5.56 Å². The molecule has 13 amide bonds. The standard InChI is InChI=1S/C55H87N15O18S3/c1-5-28(4)45(69-51(83)35(65-46(78)32(57)24-89)20-29-8-10-30(71)11-9-29)53(85)64-33(13-14-40(58)72)49(81)66-36(21-41(59)73)50(82)68-38(54(86)70-16-6-7-39(70)52(84)67-34(19-27(2)3)47(79)61-22-42(60)74)26-91-18-17-90-25-37(48(80)62-23-44(76)77)63-43(75)15-12-31(56)55(87)88/h8-11,27-28,31-39,45,71,89H,5-7,12-26,56-57H2,1-4H3,(H2,58,72)(H2,59,73)(H2,60,74)(H,61,79)(H,62,80)(H,63,75)(H,64,85)(H,65,78)(H,66,81)(H,67,84)(H,68,82)(H,69,83)(H,76,77)(H,87,88)/t28-,31-,32-,33-,34-,35-,36-,37+,38-,39-,45-/m0/s1. The molecule has 0 aliphatic carbocycles. The summed E-state index contributed by atoms with van der Waals surface area (Å²) in [6.07, 6.45) is -2.02. The van der Waals surface area contributed by atoms with Crippen molar-refractivity contribution < 1.29 is 87.2 Å². The SMILES string of the molecule is CC[C@H](C)[C@H](NC(=O)[C@H](Cc1ccc(O)cc1)NC(=O)[C@@H](N)CS)C(=O)N[C@@H](CCC(N)=O)C(=O)N[C@@H](CC(N)=O)C(=O)N[C@@H](CSCCSC[C@@H](NC(=O)CC[C@H](N)C(=O)O)C(=O)NCC(=O)O)C(=O)N1CCC[C@H]1C(=O)N[C@@H](CC(C)C)C(=O)NCC(N)=O. The predicted molar refractivity (Wildman–Crippen MR) is 335 cm³/mol. The lowest BCUT2D eigenvalue weighted by Crippen LogP contribution is -2.61. The van der Waals surface area contributed by atoms with Gasteiger partial charge in [-0.2, -0.15) is 36.2 Å². The van der Waals surface area contributed by atoms with E-state index in [4.69, 9.17) is 38.9 Å². The van der Waals surface area contributed by atoms with Crippen LogP contribution in [0.4, 0.5) is 0 Å². The second kappa shape index (κ2) is 40.7. The lowest BCUT2D eigenvalue weighted by Gasteiger charge is -2.31. The molecule has 1 aliphatic heterocycles. The van der Waals surface area contributed by atoms with Gasteiger partial charge in [0.05, 0.1) is 19.0 Å². The van der Waals surface area contributed by atoms with Crippen LogP contribution in [0.2, 0.25) is 0 Å². The number of hydrogen-bond acceptors (Lipinski definition) is 21. The Kier molecular flexibility index (Phi) is 35.4. The number of thioether (sulfide) groups is 2. The zero-order valence-corrected chi connectivity index (χ0v) is 53.6. The highest BCUT2D eigenvalue weighted by molar-refractivity contribution is 8.03. The smallest absolute Gasteiger partial charge is 0.322 e. The van der Waals surface area contributed by atoms with Gasteiger partial charge in [0.1, 0.15) is 66.7 Å². The number of carboxylic acids is 2. The molecule has 0 bridgehead atoms. The molecule has 2 rings (SSSR count). The number of nitrogens with two attached hydrogens (primary N) is 5. The molecule has 508 valence electrons. The molecule has 0 spiro atoms. The van der Waals surface area contributed by atoms with E-state index in [-0.39, 0.29) is 91.9 Å². The maximum absolute atomic E-state index is 14.8. The number of hydrogen-bond donors (Lipinski definition) is 18. The molecule has 0 aromatic heterocycles. The van der Waals surface area contributed by atoms with Crippen molar-refractivity contribution in [2.24, 2.45) is 40.5 Å². The Labute approximate surface area is 539 Å². The summed E-state index contributed by atoms with van der Waals surface area (Å²) in [5, 5.41) is 50.2. The second-order valence-electron chi connectivity index (χ2n) is 21.9. The minimum Gasteiger partial charge on any atom is -0.508 e. The first-order chi connectivity index (χ1) is 42.8. The van der Waals surface area contributed by atoms with Crippen LogP contribution in [0.5, 0.6) is 5.75 Å². The third kappa shape index (κ3) is 29.7. The number of thiol groups is 1. The quantitative estimate of drug-likeness (QED) is 0.0214. The number of benzene rings is 1. The maximum Gasteiger partial charge on any atom is 0.322 e. The Morgan fingerprint density at radius 3 is 1.74 bits per heavy atom. The molecule has 1 aliphatic rings. The molecule has 1 aromatic carbocycles. The monoisotopic (exact) mass is 1340 g/mol. The zero-order valence-electron chi connectivity index (χ0n) is 51.0. The van der Waals surface area contributed by atoms with Crippen LogP contribution in [0.3, 0.4) is 0 Å². The van der Waals surface area contributed by atoms with Crippen LogP contribution in [0.1, 0.15) is 91.0 Å². The number of carbonyl (C=O) groups excluding carboxylic acids is 13. The molecule has 36 heteroatoms. The highest BCUT2D eigenvalue weighted by Gasteiger charge is 2.41. The molecular weight excluding hydrogens is 1250 g/mol. The van der Waals surface area contributed by atoms with Crippen molar-refractivity contribution in [1.82, 2.24) is 52.8 Å². The van der Waals surface area contributed by atoms with Crippen molar-refractivity contribution in [1.29, 1.82) is 0 Å². The van der Waals surface area contributed by atoms with E-state index in [1.807, 2.05) is 0 Å². The van der Waals surface area contributed by atoms with Crippen molar-refractivity contribution in [3.8, 4) is 5.75 Å². The van der Waals surface area contributed by atoms with Crippen LogP contribution in [0.15, 0.2) is 24.3 Å². The summed E-state index contributed by atoms with van der Waals surface area (Å²) >= 11 is 6.22. The first kappa shape index (κ1) is 79.1. The predicted octanol–water partition coefficient (Wildman–Crippen LogP) is -5.73. The topological polar surface area (TPSA) is 558 Å². The summed E-state index contributed by atoms with van der Waals surface area (Å²) in [6.45, 7) is 5.49. The summed E-state index contributed by atoms with van der Waals surface area (Å²) in [6, 6.07) is -8.47. The van der Waals surface area contributed by atoms with Gasteiger partial charge in [0.15, 0.2) is 0 Å². The second-order valence-corrected chi connectivity index (χ2v) is 24.5. The first-order valence-corrected chi connectivity index (χ1v) is 32.0. The number of nitrogens with zero attached hydrogens (tertiary/aromatic N) is 1. The molecule has 1 fully saturated rings. The lowest BCUT2D eigenvalue weighted by molar-refractivity contribution is -0.142. The van der Waals surface area contributed by atoms with Gasteiger partial charge in [-0.3, -0.25) is 71.9 Å². The van der Waals surface area contributed by atoms with E-state index in [2.05, 4.69) is 60.5 Å². The number of aliphatic carboxylic acids is 2. The highest BCUT2D eigenvalue weighted by atomic mass is 32.2. The van der Waals surface area contributed by atoms with Gasteiger partial charge in [-0.15, -0.1) is 0 Å². The van der Waals surface area contributed by atoms with Crippen molar-refractivity contribution in [2.45, 2.75) is 152 Å². The van der Waals surface area contributed by atoms with Crippen LogP contribution in [0.25, 0.3) is 0 Å². The average Bonchev–Trinajstić information content (AvgIpc) is 1.85. The Hall–Kier alpha value is -7.96. The Bertz CT molecular complexity index is 2730. The number of nitrogens with one attached hydrogen (secondary N) is 9. The largest absolute Gasteiger partial charge is 0.508 e. The number of phenolic OH excluding ortho intramolecular Hbond substituents is 1. The van der Waals surface area contributed by atoms with E-state index >= 15 is 0 Å². The first-order valence-electron chi connectivity index (χ1n) is 29.1. The summed E-state index contributed by atoms with van der Waals surface area (Å²) in [4.78, 5) is 198. The van der Waals surface area contributed by atoms with Crippen molar-refractivity contribution in [2.75, 3.05) is 48.4 Å². The maximum atomic E-state index is 14.8. The molecule has 1 aromatic rings. The fourth-order valence-electron chi connectivity index (χ4n) is 8.78. The third-order valence-corrected chi connectivity index (χ3v) is 16.7. The van der Waals surface area contributed by atoms with Gasteiger partial charge in [-0.25, -0.2) is 0 Å². The zero-order chi connectivity index (χ0) is 68.7. The molecule has 0 unspecified atom stereocenters. The number of carboxylic acid groups (broad SMARTS) is 2. The fraction of sp³-hybridized carbons (Fsp3) is 0.618. The van der Waals surface area contributed by atoms with Crippen LogP contribution in [-0.2, 0) is 78.3 Å². The van der Waals surface area contributed by atoms with Crippen molar-refractivity contribution in [3.05, 3.63) is 29.8 Å². The molecule has 0 saturated carbocycles. The highest BCUT2D eigenvalue weighted by Crippen LogP contribution is 2.22. The van der Waals surface area contributed by atoms with Crippen LogP contribution in [0, 0.1) is 11.8 Å².